The maximum atomic E-state index is 14.3. The van der Waals surface area contributed by atoms with Gasteiger partial charge >= 0.3 is 5.97 Å². The maximum Gasteiger partial charge on any atom is 0.338 e. The van der Waals surface area contributed by atoms with Crippen LogP contribution >= 0.6 is 12.2 Å². The highest BCUT2D eigenvalue weighted by Gasteiger charge is 2.39. The Balaban J connectivity index is 2.67. The van der Waals surface area contributed by atoms with Crippen molar-refractivity contribution >= 4 is 29.2 Å². The third-order valence-electron chi connectivity index (χ3n) is 3.48. The largest absolute Gasteiger partial charge is 0.463 e. The van der Waals surface area contributed by atoms with Gasteiger partial charge in [0.25, 0.3) is 0 Å². The number of esters is 1. The first-order valence-electron chi connectivity index (χ1n) is 7.11. The van der Waals surface area contributed by atoms with Gasteiger partial charge in [-0.1, -0.05) is 18.2 Å². The van der Waals surface area contributed by atoms with Gasteiger partial charge in [0, 0.05) is 18.2 Å². The van der Waals surface area contributed by atoms with Gasteiger partial charge < -0.3 is 10.1 Å². The molecule has 1 aliphatic rings. The number of amides is 1. The molecular formula is C16H17FN2O3S. The third-order valence-corrected chi connectivity index (χ3v) is 3.78. The minimum atomic E-state index is -0.957. The van der Waals surface area contributed by atoms with Crippen molar-refractivity contribution in [3.05, 3.63) is 46.9 Å². The fraction of sp³-hybridized carbons (Fsp3) is 0.312. The van der Waals surface area contributed by atoms with E-state index in [1.54, 1.807) is 19.9 Å². The van der Waals surface area contributed by atoms with Crippen LogP contribution in [-0.4, -0.2) is 28.5 Å². The van der Waals surface area contributed by atoms with E-state index in [2.05, 4.69) is 5.32 Å². The third kappa shape index (κ3) is 3.24. The monoisotopic (exact) mass is 336 g/mol. The van der Waals surface area contributed by atoms with Crippen LogP contribution in [0, 0.1) is 5.82 Å². The van der Waals surface area contributed by atoms with Crippen molar-refractivity contribution in [1.82, 2.24) is 10.2 Å². The van der Waals surface area contributed by atoms with Crippen LogP contribution in [0.25, 0.3) is 0 Å². The van der Waals surface area contributed by atoms with Crippen LogP contribution in [-0.2, 0) is 14.3 Å². The van der Waals surface area contributed by atoms with Crippen molar-refractivity contribution in [2.75, 3.05) is 6.61 Å². The summed E-state index contributed by atoms with van der Waals surface area (Å²) in [6.45, 7) is 4.80. The highest BCUT2D eigenvalue weighted by molar-refractivity contribution is 7.80. The summed E-state index contributed by atoms with van der Waals surface area (Å²) in [5.74, 6) is -1.53. The molecule has 5 nitrogen and oxygen atoms in total. The van der Waals surface area contributed by atoms with Crippen LogP contribution in [0.3, 0.4) is 0 Å². The number of nitrogens with zero attached hydrogens (tertiary/aromatic N) is 1. The number of carbonyl (C=O) groups is 2. The summed E-state index contributed by atoms with van der Waals surface area (Å²) < 4.78 is 19.4. The second-order valence-electron chi connectivity index (χ2n) is 5.00. The first-order valence-corrected chi connectivity index (χ1v) is 7.52. The quantitative estimate of drug-likeness (QED) is 0.679. The van der Waals surface area contributed by atoms with E-state index in [-0.39, 0.29) is 22.9 Å². The number of hydrogen-bond donors (Lipinski definition) is 1. The van der Waals surface area contributed by atoms with Gasteiger partial charge in [-0.25, -0.2) is 9.18 Å². The first-order chi connectivity index (χ1) is 10.9. The zero-order valence-electron chi connectivity index (χ0n) is 13.1. The average molecular weight is 336 g/mol. The molecule has 0 radical (unpaired) electrons. The van der Waals surface area contributed by atoms with Gasteiger partial charge in [-0.15, -0.1) is 0 Å². The molecule has 7 heteroatoms. The lowest BCUT2D eigenvalue weighted by Gasteiger charge is -2.37. The smallest absolute Gasteiger partial charge is 0.338 e. The van der Waals surface area contributed by atoms with E-state index >= 15 is 0 Å². The van der Waals surface area contributed by atoms with Crippen LogP contribution in [0.15, 0.2) is 35.5 Å². The number of carbonyl (C=O) groups excluding carboxylic acids is 2. The Morgan fingerprint density at radius 1 is 1.39 bits per heavy atom. The molecule has 0 aromatic heterocycles. The molecule has 0 spiro atoms. The highest BCUT2D eigenvalue weighted by Crippen LogP contribution is 2.35. The van der Waals surface area contributed by atoms with Gasteiger partial charge in [0.05, 0.1) is 12.2 Å². The SMILES string of the molecule is CCOC(=O)C1=C(C)NC(=S)N(C(C)=O)C1c1ccccc1F. The van der Waals surface area contributed by atoms with E-state index in [1.165, 1.54) is 30.0 Å². The molecular weight excluding hydrogens is 319 g/mol. The van der Waals surface area contributed by atoms with Crippen molar-refractivity contribution in [2.45, 2.75) is 26.8 Å². The molecule has 0 saturated heterocycles. The predicted octanol–water partition coefficient (Wildman–Crippen LogP) is 2.44. The van der Waals surface area contributed by atoms with E-state index in [1.807, 2.05) is 0 Å². The Morgan fingerprint density at radius 3 is 2.61 bits per heavy atom. The lowest BCUT2D eigenvalue weighted by atomic mass is 9.93. The average Bonchev–Trinajstić information content (AvgIpc) is 2.46. The van der Waals surface area contributed by atoms with Crippen molar-refractivity contribution in [2.24, 2.45) is 0 Å². The van der Waals surface area contributed by atoms with E-state index in [0.29, 0.717) is 5.70 Å². The lowest BCUT2D eigenvalue weighted by molar-refractivity contribution is -0.139. The summed E-state index contributed by atoms with van der Waals surface area (Å²) in [6.07, 6.45) is 0. The summed E-state index contributed by atoms with van der Waals surface area (Å²) in [5, 5.41) is 2.93. The van der Waals surface area contributed by atoms with Crippen LogP contribution in [0.2, 0.25) is 0 Å². The normalized spacial score (nSPS) is 17.8. The number of halogens is 1. The van der Waals surface area contributed by atoms with Gasteiger partial charge in [-0.05, 0) is 32.1 Å². The number of rotatable bonds is 3. The molecule has 0 bridgehead atoms. The van der Waals surface area contributed by atoms with Crippen LogP contribution in [0.1, 0.15) is 32.4 Å². The molecule has 1 N–H and O–H groups in total. The molecule has 1 aliphatic heterocycles. The number of nitrogens with one attached hydrogen (secondary N) is 1. The Hall–Kier alpha value is -2.28. The summed E-state index contributed by atoms with van der Waals surface area (Å²) in [4.78, 5) is 25.6. The number of hydrogen-bond acceptors (Lipinski definition) is 4. The van der Waals surface area contributed by atoms with Crippen LogP contribution in [0.4, 0.5) is 4.39 Å². The maximum absolute atomic E-state index is 14.3. The number of thiocarbonyl (C=S) groups is 1. The Labute approximate surface area is 139 Å². The zero-order valence-corrected chi connectivity index (χ0v) is 13.9. The highest BCUT2D eigenvalue weighted by atomic mass is 32.1. The van der Waals surface area contributed by atoms with Crippen molar-refractivity contribution in [1.29, 1.82) is 0 Å². The van der Waals surface area contributed by atoms with Crippen LogP contribution in [0.5, 0.6) is 0 Å². The van der Waals surface area contributed by atoms with Gasteiger partial charge in [0.1, 0.15) is 11.9 Å². The standard InChI is InChI=1S/C16H17FN2O3S/c1-4-22-15(21)13-9(2)18-16(23)19(10(3)20)14(13)11-7-5-6-8-12(11)17/h5-8,14H,4H2,1-3H3,(H,18,23). The summed E-state index contributed by atoms with van der Waals surface area (Å²) in [7, 11) is 0. The Kier molecular flexibility index (Phi) is 5.10. The molecule has 1 heterocycles. The fourth-order valence-electron chi connectivity index (χ4n) is 2.53. The van der Waals surface area contributed by atoms with Crippen molar-refractivity contribution in [3.8, 4) is 0 Å². The lowest BCUT2D eigenvalue weighted by Crippen LogP contribution is -2.50. The summed E-state index contributed by atoms with van der Waals surface area (Å²) in [5.41, 5.74) is 0.800. The van der Waals surface area contributed by atoms with Gasteiger partial charge in [0.2, 0.25) is 5.91 Å². The molecule has 23 heavy (non-hydrogen) atoms. The van der Waals surface area contributed by atoms with E-state index < -0.39 is 23.7 Å². The molecule has 0 saturated carbocycles. The molecule has 1 amide bonds. The Bertz CT molecular complexity index is 702. The predicted molar refractivity (Wildman–Crippen MR) is 86.7 cm³/mol. The van der Waals surface area contributed by atoms with Crippen LogP contribution < -0.4 is 5.32 Å². The molecule has 122 valence electrons. The minimum Gasteiger partial charge on any atom is -0.463 e. The van der Waals surface area contributed by atoms with Crippen molar-refractivity contribution in [3.63, 3.8) is 0 Å². The van der Waals surface area contributed by atoms with Crippen molar-refractivity contribution < 1.29 is 18.7 Å². The molecule has 1 unspecified atom stereocenters. The molecule has 2 rings (SSSR count). The number of benzene rings is 1. The van der Waals surface area contributed by atoms with E-state index in [9.17, 15) is 14.0 Å². The van der Waals surface area contributed by atoms with E-state index in [4.69, 9.17) is 17.0 Å². The Morgan fingerprint density at radius 2 is 2.04 bits per heavy atom. The first kappa shape index (κ1) is 17.1. The summed E-state index contributed by atoms with van der Waals surface area (Å²) in [6, 6.07) is 5.02. The molecule has 1 aromatic rings. The number of ether oxygens (including phenoxy) is 1. The molecule has 1 aromatic carbocycles. The molecule has 1 atom stereocenters. The molecule has 0 aliphatic carbocycles. The van der Waals surface area contributed by atoms with E-state index in [0.717, 1.165) is 0 Å². The van der Waals surface area contributed by atoms with Gasteiger partial charge in [0.15, 0.2) is 5.11 Å². The second-order valence-corrected chi connectivity index (χ2v) is 5.39. The summed E-state index contributed by atoms with van der Waals surface area (Å²) >= 11 is 5.19. The molecule has 0 fully saturated rings. The minimum absolute atomic E-state index is 0.122. The fourth-order valence-corrected chi connectivity index (χ4v) is 2.92. The van der Waals surface area contributed by atoms with Gasteiger partial charge in [-0.3, -0.25) is 9.69 Å². The topological polar surface area (TPSA) is 58.6 Å². The second kappa shape index (κ2) is 6.87. The number of allylic oxidation sites excluding steroid dienone is 1. The van der Waals surface area contributed by atoms with Gasteiger partial charge in [-0.2, -0.15) is 0 Å². The zero-order chi connectivity index (χ0) is 17.1.